The first-order valence-corrected chi connectivity index (χ1v) is 8.13. The molecule has 0 atom stereocenters. The monoisotopic (exact) mass is 366 g/mol. The minimum Gasteiger partial charge on any atom is -0.340 e. The van der Waals surface area contributed by atoms with Crippen molar-refractivity contribution < 1.29 is 13.2 Å². The summed E-state index contributed by atoms with van der Waals surface area (Å²) in [5.74, 6) is 0.263. The predicted octanol–water partition coefficient (Wildman–Crippen LogP) is 5.45. The molecular formula is C20H13F3N4. The van der Waals surface area contributed by atoms with Crippen molar-refractivity contribution in [2.75, 3.05) is 5.32 Å². The van der Waals surface area contributed by atoms with Crippen LogP contribution in [0.4, 0.5) is 24.7 Å². The Kier molecular flexibility index (Phi) is 4.19. The summed E-state index contributed by atoms with van der Waals surface area (Å²) in [7, 11) is 0. The molecule has 0 amide bonds. The third-order valence-corrected chi connectivity index (χ3v) is 3.97. The average molecular weight is 366 g/mol. The molecule has 2 aromatic carbocycles. The number of rotatable bonds is 3. The zero-order chi connectivity index (χ0) is 18.9. The van der Waals surface area contributed by atoms with Gasteiger partial charge in [-0.05, 0) is 24.3 Å². The molecule has 27 heavy (non-hydrogen) atoms. The number of nitrogens with one attached hydrogen (secondary N) is 1. The summed E-state index contributed by atoms with van der Waals surface area (Å²) in [4.78, 5) is 13.1. The fourth-order valence-electron chi connectivity index (χ4n) is 2.69. The van der Waals surface area contributed by atoms with Crippen LogP contribution in [0, 0.1) is 0 Å². The Morgan fingerprint density at radius 1 is 0.778 bits per heavy atom. The first-order chi connectivity index (χ1) is 13.0. The van der Waals surface area contributed by atoms with Gasteiger partial charge in [0.2, 0.25) is 0 Å². The SMILES string of the molecule is FC(F)(F)c1ccccc1Nc1ccc2ncc(-c3ccccc3)nc2n1. The molecule has 7 heteroatoms. The largest absolute Gasteiger partial charge is 0.418 e. The van der Waals surface area contributed by atoms with Gasteiger partial charge in [0.05, 0.1) is 23.1 Å². The van der Waals surface area contributed by atoms with Crippen molar-refractivity contribution in [2.45, 2.75) is 6.18 Å². The number of benzene rings is 2. The minimum atomic E-state index is -4.46. The van der Waals surface area contributed by atoms with Gasteiger partial charge in [0.1, 0.15) is 11.3 Å². The molecule has 4 nitrogen and oxygen atoms in total. The molecule has 4 rings (SSSR count). The van der Waals surface area contributed by atoms with Crippen molar-refractivity contribution in [2.24, 2.45) is 0 Å². The highest BCUT2D eigenvalue weighted by atomic mass is 19.4. The van der Waals surface area contributed by atoms with E-state index in [2.05, 4.69) is 20.3 Å². The molecule has 4 aromatic rings. The van der Waals surface area contributed by atoms with Crippen LogP contribution in [0.5, 0.6) is 0 Å². The Hall–Kier alpha value is -3.48. The maximum atomic E-state index is 13.2. The van der Waals surface area contributed by atoms with Crippen molar-refractivity contribution in [1.29, 1.82) is 0 Å². The van der Waals surface area contributed by atoms with Gasteiger partial charge in [-0.15, -0.1) is 0 Å². The lowest BCUT2D eigenvalue weighted by Gasteiger charge is -2.14. The second-order valence-corrected chi connectivity index (χ2v) is 5.83. The van der Waals surface area contributed by atoms with Crippen LogP contribution in [0.15, 0.2) is 72.9 Å². The van der Waals surface area contributed by atoms with Gasteiger partial charge in [0.25, 0.3) is 0 Å². The number of alkyl halides is 3. The van der Waals surface area contributed by atoms with E-state index in [0.717, 1.165) is 11.6 Å². The van der Waals surface area contributed by atoms with Crippen LogP contribution in [-0.4, -0.2) is 15.0 Å². The van der Waals surface area contributed by atoms with E-state index in [0.29, 0.717) is 16.9 Å². The van der Waals surface area contributed by atoms with Gasteiger partial charge >= 0.3 is 6.18 Å². The second kappa shape index (κ2) is 6.68. The summed E-state index contributed by atoms with van der Waals surface area (Å²) in [6.45, 7) is 0. The van der Waals surface area contributed by atoms with Gasteiger partial charge in [-0.25, -0.2) is 9.97 Å². The fraction of sp³-hybridized carbons (Fsp3) is 0.0500. The Labute approximate surface area is 152 Å². The number of anilines is 2. The van der Waals surface area contributed by atoms with Crippen LogP contribution in [0.25, 0.3) is 22.4 Å². The number of pyridine rings is 1. The lowest BCUT2D eigenvalue weighted by atomic mass is 10.1. The maximum absolute atomic E-state index is 13.2. The van der Waals surface area contributed by atoms with E-state index >= 15 is 0 Å². The highest BCUT2D eigenvalue weighted by molar-refractivity contribution is 5.76. The Morgan fingerprint density at radius 3 is 2.30 bits per heavy atom. The van der Waals surface area contributed by atoms with E-state index in [9.17, 15) is 13.2 Å². The third-order valence-electron chi connectivity index (χ3n) is 3.97. The standard InChI is InChI=1S/C20H13F3N4/c21-20(22,23)14-8-4-5-9-15(14)25-18-11-10-16-19(27-18)26-17(12-24-16)13-6-2-1-3-7-13/h1-12H,(H,25,26,27). The molecule has 0 aliphatic rings. The van der Waals surface area contributed by atoms with E-state index in [-0.39, 0.29) is 11.5 Å². The highest BCUT2D eigenvalue weighted by Crippen LogP contribution is 2.35. The van der Waals surface area contributed by atoms with Crippen LogP contribution in [0.2, 0.25) is 0 Å². The number of aromatic nitrogens is 3. The van der Waals surface area contributed by atoms with Gasteiger partial charge in [-0.1, -0.05) is 42.5 Å². The Morgan fingerprint density at radius 2 is 1.52 bits per heavy atom. The number of halogens is 3. The molecule has 0 aliphatic carbocycles. The second-order valence-electron chi connectivity index (χ2n) is 5.83. The summed E-state index contributed by atoms with van der Waals surface area (Å²) >= 11 is 0. The van der Waals surface area contributed by atoms with Crippen molar-refractivity contribution in [3.05, 3.63) is 78.5 Å². The molecule has 0 spiro atoms. The normalized spacial score (nSPS) is 11.5. The molecule has 1 N–H and O–H groups in total. The van der Waals surface area contributed by atoms with Crippen molar-refractivity contribution in [3.63, 3.8) is 0 Å². The van der Waals surface area contributed by atoms with Gasteiger partial charge in [-0.2, -0.15) is 13.2 Å². The Balaban J connectivity index is 1.72. The smallest absolute Gasteiger partial charge is 0.340 e. The first-order valence-electron chi connectivity index (χ1n) is 8.13. The minimum absolute atomic E-state index is 0.0657. The van der Waals surface area contributed by atoms with Crippen LogP contribution in [-0.2, 0) is 6.18 Å². The first kappa shape index (κ1) is 17.0. The van der Waals surface area contributed by atoms with Crippen molar-refractivity contribution >= 4 is 22.7 Å². The van der Waals surface area contributed by atoms with Crippen LogP contribution >= 0.6 is 0 Å². The fourth-order valence-corrected chi connectivity index (χ4v) is 2.69. The van der Waals surface area contributed by atoms with Crippen LogP contribution < -0.4 is 5.32 Å². The zero-order valence-corrected chi connectivity index (χ0v) is 13.9. The van der Waals surface area contributed by atoms with Crippen molar-refractivity contribution in [3.8, 4) is 11.3 Å². The zero-order valence-electron chi connectivity index (χ0n) is 13.9. The maximum Gasteiger partial charge on any atom is 0.418 e. The highest BCUT2D eigenvalue weighted by Gasteiger charge is 2.33. The predicted molar refractivity (Wildman–Crippen MR) is 97.5 cm³/mol. The van der Waals surface area contributed by atoms with E-state index in [1.165, 1.54) is 18.2 Å². The van der Waals surface area contributed by atoms with E-state index in [1.54, 1.807) is 18.3 Å². The molecule has 0 bridgehead atoms. The molecule has 0 unspecified atom stereocenters. The van der Waals surface area contributed by atoms with Gasteiger partial charge in [-0.3, -0.25) is 4.98 Å². The number of fused-ring (bicyclic) bond motifs is 1. The number of para-hydroxylation sites is 1. The van der Waals surface area contributed by atoms with E-state index in [4.69, 9.17) is 0 Å². The molecule has 2 aromatic heterocycles. The van der Waals surface area contributed by atoms with Crippen LogP contribution in [0.3, 0.4) is 0 Å². The van der Waals surface area contributed by atoms with Gasteiger partial charge in [0, 0.05) is 5.56 Å². The lowest BCUT2D eigenvalue weighted by molar-refractivity contribution is -0.136. The molecule has 0 saturated carbocycles. The molecule has 0 aliphatic heterocycles. The van der Waals surface area contributed by atoms with Crippen LogP contribution in [0.1, 0.15) is 5.56 Å². The number of hydrogen-bond acceptors (Lipinski definition) is 4. The third kappa shape index (κ3) is 3.57. The molecule has 0 radical (unpaired) electrons. The summed E-state index contributed by atoms with van der Waals surface area (Å²) in [5.41, 5.74) is 1.62. The molecule has 134 valence electrons. The molecule has 0 fully saturated rings. The average Bonchev–Trinajstić information content (AvgIpc) is 2.68. The molecular weight excluding hydrogens is 353 g/mol. The summed E-state index contributed by atoms with van der Waals surface area (Å²) in [6.07, 6.45) is -2.81. The molecule has 0 saturated heterocycles. The van der Waals surface area contributed by atoms with Gasteiger partial charge < -0.3 is 5.32 Å². The topological polar surface area (TPSA) is 50.7 Å². The number of nitrogens with zero attached hydrogens (tertiary/aromatic N) is 3. The molecule has 2 heterocycles. The lowest BCUT2D eigenvalue weighted by Crippen LogP contribution is -2.09. The summed E-state index contributed by atoms with van der Waals surface area (Å²) in [6, 6.07) is 18.0. The van der Waals surface area contributed by atoms with E-state index < -0.39 is 11.7 Å². The summed E-state index contributed by atoms with van der Waals surface area (Å²) < 4.78 is 39.5. The van der Waals surface area contributed by atoms with E-state index in [1.807, 2.05) is 30.3 Å². The Bertz CT molecular complexity index is 1100. The quantitative estimate of drug-likeness (QED) is 0.523. The number of hydrogen-bond donors (Lipinski definition) is 1. The summed E-state index contributed by atoms with van der Waals surface area (Å²) in [5, 5.41) is 2.73. The van der Waals surface area contributed by atoms with Crippen molar-refractivity contribution in [1.82, 2.24) is 15.0 Å². The van der Waals surface area contributed by atoms with Gasteiger partial charge in [0.15, 0.2) is 5.65 Å².